The second kappa shape index (κ2) is 6.97. The zero-order valence-corrected chi connectivity index (χ0v) is 12.7. The molecule has 2 aromatic rings. The highest BCUT2D eigenvalue weighted by Gasteiger charge is 2.16. The first-order valence-corrected chi connectivity index (χ1v) is 7.29. The Balaban J connectivity index is 2.09. The van der Waals surface area contributed by atoms with Crippen molar-refractivity contribution in [2.24, 2.45) is 0 Å². The fraction of sp³-hybridized carbons (Fsp3) is 0.467. The maximum absolute atomic E-state index is 12.3. The smallest absolute Gasteiger partial charge is 0.251 e. The summed E-state index contributed by atoms with van der Waals surface area (Å²) in [5, 5.41) is 7.07. The van der Waals surface area contributed by atoms with Crippen LogP contribution in [0.4, 0.5) is 0 Å². The van der Waals surface area contributed by atoms with Crippen molar-refractivity contribution in [2.45, 2.75) is 46.2 Å². The number of nitrogens with one attached hydrogen (secondary N) is 1. The third kappa shape index (κ3) is 3.65. The van der Waals surface area contributed by atoms with Crippen LogP contribution in [0.5, 0.6) is 0 Å². The molecule has 2 heterocycles. The van der Waals surface area contributed by atoms with E-state index >= 15 is 0 Å². The first kappa shape index (κ1) is 15.2. The van der Waals surface area contributed by atoms with E-state index in [9.17, 15) is 4.79 Å². The van der Waals surface area contributed by atoms with Gasteiger partial charge in [-0.25, -0.2) is 9.67 Å². The molecule has 112 valence electrons. The van der Waals surface area contributed by atoms with E-state index in [1.165, 1.54) is 6.33 Å². The molecule has 0 saturated carbocycles. The van der Waals surface area contributed by atoms with E-state index in [4.69, 9.17) is 0 Å². The Bertz CT molecular complexity index is 608. The summed E-state index contributed by atoms with van der Waals surface area (Å²) in [5.41, 5.74) is 1.57. The molecule has 1 amide bonds. The van der Waals surface area contributed by atoms with Crippen molar-refractivity contribution in [1.82, 2.24) is 25.1 Å². The first-order chi connectivity index (χ1) is 10.2. The van der Waals surface area contributed by atoms with Crippen molar-refractivity contribution in [2.75, 3.05) is 0 Å². The molecule has 21 heavy (non-hydrogen) atoms. The van der Waals surface area contributed by atoms with Crippen molar-refractivity contribution in [1.29, 1.82) is 0 Å². The van der Waals surface area contributed by atoms with Crippen molar-refractivity contribution < 1.29 is 4.79 Å². The molecule has 0 spiro atoms. The van der Waals surface area contributed by atoms with Gasteiger partial charge in [-0.1, -0.05) is 13.3 Å². The van der Waals surface area contributed by atoms with Gasteiger partial charge >= 0.3 is 0 Å². The molecule has 2 rings (SSSR count). The lowest BCUT2D eigenvalue weighted by Gasteiger charge is -2.14. The summed E-state index contributed by atoms with van der Waals surface area (Å²) in [5.74, 6) is 0.640. The Morgan fingerprint density at radius 1 is 1.38 bits per heavy atom. The SMILES string of the molecule is CCCc1cc(C(=O)NC(C)c2ncnn2CC)ccn1. The van der Waals surface area contributed by atoms with Crippen LogP contribution >= 0.6 is 0 Å². The van der Waals surface area contributed by atoms with Crippen LogP contribution in [0.15, 0.2) is 24.7 Å². The monoisotopic (exact) mass is 287 g/mol. The van der Waals surface area contributed by atoms with E-state index in [0.29, 0.717) is 5.56 Å². The standard InChI is InChI=1S/C15H21N5O/c1-4-6-13-9-12(7-8-16-13)15(21)19-11(3)14-17-10-18-20(14)5-2/h7-11H,4-6H2,1-3H3,(H,19,21). The molecular formula is C15H21N5O. The van der Waals surface area contributed by atoms with Crippen LogP contribution in [0, 0.1) is 0 Å². The molecule has 0 saturated heterocycles. The fourth-order valence-electron chi connectivity index (χ4n) is 2.21. The zero-order chi connectivity index (χ0) is 15.2. The molecule has 6 nitrogen and oxygen atoms in total. The molecular weight excluding hydrogens is 266 g/mol. The normalized spacial score (nSPS) is 12.1. The maximum atomic E-state index is 12.3. The summed E-state index contributed by atoms with van der Waals surface area (Å²) in [6.45, 7) is 6.72. The number of nitrogens with zero attached hydrogens (tertiary/aromatic N) is 4. The lowest BCUT2D eigenvalue weighted by molar-refractivity contribution is 0.0937. The molecule has 1 atom stereocenters. The minimum absolute atomic E-state index is 0.118. The zero-order valence-electron chi connectivity index (χ0n) is 12.7. The summed E-state index contributed by atoms with van der Waals surface area (Å²) >= 11 is 0. The quantitative estimate of drug-likeness (QED) is 0.883. The summed E-state index contributed by atoms with van der Waals surface area (Å²) in [6, 6.07) is 3.38. The molecule has 6 heteroatoms. The summed E-state index contributed by atoms with van der Waals surface area (Å²) in [7, 11) is 0. The molecule has 0 radical (unpaired) electrons. The number of amides is 1. The van der Waals surface area contributed by atoms with Crippen LogP contribution in [0.25, 0.3) is 0 Å². The van der Waals surface area contributed by atoms with E-state index in [-0.39, 0.29) is 11.9 Å². The van der Waals surface area contributed by atoms with Gasteiger partial charge < -0.3 is 5.32 Å². The van der Waals surface area contributed by atoms with Crippen molar-refractivity contribution in [3.05, 3.63) is 41.7 Å². The van der Waals surface area contributed by atoms with E-state index in [1.54, 1.807) is 16.9 Å². The average Bonchev–Trinajstić information content (AvgIpc) is 2.96. The van der Waals surface area contributed by atoms with Crippen LogP contribution in [0.1, 0.15) is 55.1 Å². The van der Waals surface area contributed by atoms with Crippen LogP contribution in [-0.2, 0) is 13.0 Å². The first-order valence-electron chi connectivity index (χ1n) is 7.29. The van der Waals surface area contributed by atoms with Gasteiger partial charge in [-0.2, -0.15) is 5.10 Å². The number of carbonyl (C=O) groups excluding carboxylic acids is 1. The number of carbonyl (C=O) groups is 1. The molecule has 0 aliphatic heterocycles. The van der Waals surface area contributed by atoms with E-state index in [0.717, 1.165) is 30.9 Å². The number of hydrogen-bond acceptors (Lipinski definition) is 4. The topological polar surface area (TPSA) is 72.7 Å². The van der Waals surface area contributed by atoms with Crippen molar-refractivity contribution >= 4 is 5.91 Å². The molecule has 0 aliphatic carbocycles. The van der Waals surface area contributed by atoms with Gasteiger partial charge in [0.2, 0.25) is 0 Å². The van der Waals surface area contributed by atoms with Crippen LogP contribution in [0.3, 0.4) is 0 Å². The van der Waals surface area contributed by atoms with Gasteiger partial charge in [0.1, 0.15) is 12.2 Å². The predicted molar refractivity (Wildman–Crippen MR) is 79.8 cm³/mol. The van der Waals surface area contributed by atoms with Crippen molar-refractivity contribution in [3.63, 3.8) is 0 Å². The minimum Gasteiger partial charge on any atom is -0.342 e. The number of pyridine rings is 1. The van der Waals surface area contributed by atoms with Crippen LogP contribution < -0.4 is 5.32 Å². The maximum Gasteiger partial charge on any atom is 0.251 e. The molecule has 2 aromatic heterocycles. The number of rotatable bonds is 6. The Labute approximate surface area is 124 Å². The van der Waals surface area contributed by atoms with Gasteiger partial charge in [-0.05, 0) is 32.4 Å². The molecule has 0 fully saturated rings. The highest BCUT2D eigenvalue weighted by atomic mass is 16.1. The number of aryl methyl sites for hydroxylation is 2. The predicted octanol–water partition coefficient (Wildman–Crippen LogP) is 2.14. The highest BCUT2D eigenvalue weighted by Crippen LogP contribution is 2.11. The van der Waals surface area contributed by atoms with Crippen LogP contribution in [0.2, 0.25) is 0 Å². The average molecular weight is 287 g/mol. The Hall–Kier alpha value is -2.24. The van der Waals surface area contributed by atoms with Gasteiger partial charge in [0.25, 0.3) is 5.91 Å². The molecule has 1 unspecified atom stereocenters. The summed E-state index contributed by atoms with van der Waals surface area (Å²) < 4.78 is 1.78. The minimum atomic E-state index is -0.192. The van der Waals surface area contributed by atoms with Gasteiger partial charge in [0.15, 0.2) is 0 Å². The second-order valence-electron chi connectivity index (χ2n) is 4.92. The second-order valence-corrected chi connectivity index (χ2v) is 4.92. The van der Waals surface area contributed by atoms with E-state index < -0.39 is 0 Å². The Kier molecular flexibility index (Phi) is 5.03. The van der Waals surface area contributed by atoms with Gasteiger partial charge in [0.05, 0.1) is 6.04 Å². The molecule has 1 N–H and O–H groups in total. The lowest BCUT2D eigenvalue weighted by atomic mass is 10.1. The molecule has 0 aliphatic rings. The van der Waals surface area contributed by atoms with Crippen molar-refractivity contribution in [3.8, 4) is 0 Å². The highest BCUT2D eigenvalue weighted by molar-refractivity contribution is 5.94. The number of aromatic nitrogens is 4. The lowest BCUT2D eigenvalue weighted by Crippen LogP contribution is -2.29. The third-order valence-electron chi connectivity index (χ3n) is 3.26. The van der Waals surface area contributed by atoms with Gasteiger partial charge in [-0.15, -0.1) is 0 Å². The summed E-state index contributed by atoms with van der Waals surface area (Å²) in [4.78, 5) is 20.8. The molecule has 0 bridgehead atoms. The van der Waals surface area contributed by atoms with E-state index in [1.807, 2.05) is 19.9 Å². The Morgan fingerprint density at radius 2 is 2.19 bits per heavy atom. The fourth-order valence-corrected chi connectivity index (χ4v) is 2.21. The summed E-state index contributed by atoms with van der Waals surface area (Å²) in [6.07, 6.45) is 5.07. The number of hydrogen-bond donors (Lipinski definition) is 1. The van der Waals surface area contributed by atoms with Gasteiger partial charge in [-0.3, -0.25) is 9.78 Å². The molecule has 0 aromatic carbocycles. The van der Waals surface area contributed by atoms with Crippen LogP contribution in [-0.4, -0.2) is 25.7 Å². The third-order valence-corrected chi connectivity index (χ3v) is 3.26. The largest absolute Gasteiger partial charge is 0.342 e. The van der Waals surface area contributed by atoms with E-state index in [2.05, 4.69) is 27.3 Å². The Morgan fingerprint density at radius 3 is 2.90 bits per heavy atom. The van der Waals surface area contributed by atoms with Gasteiger partial charge in [0, 0.05) is 24.0 Å².